The number of hydrogen-bond acceptors (Lipinski definition) is 9. The first kappa shape index (κ1) is 30.0. The summed E-state index contributed by atoms with van der Waals surface area (Å²) in [6.45, 7) is 3.50. The Kier molecular flexibility index (Phi) is 8.89. The van der Waals surface area contributed by atoms with Gasteiger partial charge in [-0.05, 0) is 36.6 Å². The highest BCUT2D eigenvalue weighted by Crippen LogP contribution is 2.31. The molecule has 0 unspecified atom stereocenters. The van der Waals surface area contributed by atoms with Crippen LogP contribution in [0.2, 0.25) is 0 Å². The molecule has 3 heterocycles. The van der Waals surface area contributed by atoms with Crippen LogP contribution in [0.5, 0.6) is 5.75 Å². The number of benzene rings is 1. The summed E-state index contributed by atoms with van der Waals surface area (Å²) in [5, 5.41) is 11.4. The molecule has 2 aromatic heterocycles. The van der Waals surface area contributed by atoms with E-state index in [2.05, 4.69) is 9.71 Å². The Morgan fingerprint density at radius 1 is 1.27 bits per heavy atom. The number of aliphatic hydroxyl groups excluding tert-OH is 1. The maximum atomic E-state index is 13.4. The second-order valence-electron chi connectivity index (χ2n) is 9.91. The van der Waals surface area contributed by atoms with E-state index in [0.29, 0.717) is 11.3 Å². The number of aliphatic hydroxyl groups is 1. The maximum absolute atomic E-state index is 13.4. The van der Waals surface area contributed by atoms with E-state index in [4.69, 9.17) is 4.74 Å². The SMILES string of the molecule is C[C@@H]1CN([C@H](C)CO)C(=O)Cc2cc(NS(=O)(=O)c3cccs3)ccc2O[C@H]1CN(C)S(=O)(=O)c1cn(C)cn1. The zero-order valence-corrected chi connectivity index (χ0v) is 25.0. The number of carbonyl (C=O) groups excluding carboxylic acids is 1. The van der Waals surface area contributed by atoms with Crippen LogP contribution in [0, 0.1) is 5.92 Å². The number of likely N-dealkylation sites (N-methyl/N-ethyl adjacent to an activating group) is 1. The molecule has 3 aromatic rings. The van der Waals surface area contributed by atoms with Crippen LogP contribution in [0.1, 0.15) is 19.4 Å². The van der Waals surface area contributed by atoms with E-state index in [0.717, 1.165) is 11.3 Å². The fourth-order valence-corrected chi connectivity index (χ4v) is 7.55. The van der Waals surface area contributed by atoms with Gasteiger partial charge in [-0.25, -0.2) is 21.8 Å². The number of aryl methyl sites for hydroxylation is 1. The van der Waals surface area contributed by atoms with E-state index in [9.17, 15) is 26.7 Å². The van der Waals surface area contributed by atoms with Gasteiger partial charge < -0.3 is 19.3 Å². The molecule has 3 atom stereocenters. The number of imidazole rings is 1. The lowest BCUT2D eigenvalue weighted by Crippen LogP contribution is -2.48. The van der Waals surface area contributed by atoms with Crippen molar-refractivity contribution >= 4 is 43.0 Å². The topological polar surface area (TPSA) is 151 Å². The average Bonchev–Trinajstić information content (AvgIpc) is 3.60. The summed E-state index contributed by atoms with van der Waals surface area (Å²) in [5.74, 6) is -0.264. The number of carbonyl (C=O) groups is 1. The number of rotatable bonds is 9. The molecule has 40 heavy (non-hydrogen) atoms. The quantitative estimate of drug-likeness (QED) is 0.372. The van der Waals surface area contributed by atoms with Crippen molar-refractivity contribution in [1.29, 1.82) is 0 Å². The molecule has 0 fully saturated rings. The Morgan fingerprint density at radius 2 is 2.02 bits per heavy atom. The predicted octanol–water partition coefficient (Wildman–Crippen LogP) is 1.75. The zero-order valence-electron chi connectivity index (χ0n) is 22.6. The zero-order chi connectivity index (χ0) is 29.2. The number of nitrogens with zero attached hydrogens (tertiary/aromatic N) is 4. The molecule has 0 saturated heterocycles. The summed E-state index contributed by atoms with van der Waals surface area (Å²) < 4.78 is 63.7. The van der Waals surface area contributed by atoms with Crippen LogP contribution in [-0.2, 0) is 38.3 Å². The number of nitrogens with one attached hydrogen (secondary N) is 1. The van der Waals surface area contributed by atoms with Gasteiger partial charge in [0.2, 0.25) is 5.91 Å². The van der Waals surface area contributed by atoms with Gasteiger partial charge in [-0.3, -0.25) is 9.52 Å². The van der Waals surface area contributed by atoms with Crippen molar-refractivity contribution in [3.63, 3.8) is 0 Å². The molecule has 1 aliphatic heterocycles. The Bertz CT molecular complexity index is 1550. The summed E-state index contributed by atoms with van der Waals surface area (Å²) in [4.78, 5) is 18.9. The van der Waals surface area contributed by atoms with Gasteiger partial charge in [0, 0.05) is 44.0 Å². The first-order valence-corrected chi connectivity index (χ1v) is 16.3. The van der Waals surface area contributed by atoms with E-state index < -0.39 is 32.2 Å². The highest BCUT2D eigenvalue weighted by atomic mass is 32.2. The molecular formula is C25H33N5O7S3. The lowest BCUT2D eigenvalue weighted by molar-refractivity contribution is -0.134. The highest BCUT2D eigenvalue weighted by Gasteiger charge is 2.34. The van der Waals surface area contributed by atoms with Gasteiger partial charge in [0.25, 0.3) is 20.0 Å². The summed E-state index contributed by atoms with van der Waals surface area (Å²) >= 11 is 1.08. The fourth-order valence-electron chi connectivity index (χ4n) is 4.37. The summed E-state index contributed by atoms with van der Waals surface area (Å²) in [5.41, 5.74) is 0.685. The lowest BCUT2D eigenvalue weighted by Gasteiger charge is -2.33. The number of anilines is 1. The smallest absolute Gasteiger partial charge is 0.271 e. The maximum Gasteiger partial charge on any atom is 0.271 e. The molecule has 0 spiro atoms. The highest BCUT2D eigenvalue weighted by molar-refractivity contribution is 7.94. The largest absolute Gasteiger partial charge is 0.488 e. The molecule has 0 saturated carbocycles. The van der Waals surface area contributed by atoms with Crippen molar-refractivity contribution < 1.29 is 31.5 Å². The van der Waals surface area contributed by atoms with E-state index in [1.165, 1.54) is 36.0 Å². The first-order valence-electron chi connectivity index (χ1n) is 12.5. The molecule has 2 N–H and O–H groups in total. The number of aromatic nitrogens is 2. The molecule has 1 amide bonds. The molecule has 1 aliphatic rings. The third kappa shape index (κ3) is 6.49. The molecule has 0 aliphatic carbocycles. The van der Waals surface area contributed by atoms with Crippen LogP contribution in [0.15, 0.2) is 57.5 Å². The van der Waals surface area contributed by atoms with Crippen molar-refractivity contribution in [2.45, 2.75) is 41.6 Å². The molecule has 15 heteroatoms. The molecular weight excluding hydrogens is 579 g/mol. The van der Waals surface area contributed by atoms with Gasteiger partial charge in [-0.1, -0.05) is 13.0 Å². The number of hydrogen-bond donors (Lipinski definition) is 2. The lowest BCUT2D eigenvalue weighted by atomic mass is 10.0. The number of ether oxygens (including phenoxy) is 1. The number of fused-ring (bicyclic) bond motifs is 1. The number of sulfonamides is 2. The first-order chi connectivity index (χ1) is 18.8. The van der Waals surface area contributed by atoms with E-state index in [1.807, 2.05) is 6.92 Å². The van der Waals surface area contributed by atoms with Crippen LogP contribution in [0.4, 0.5) is 5.69 Å². The fraction of sp³-hybridized carbons (Fsp3) is 0.440. The van der Waals surface area contributed by atoms with Crippen LogP contribution in [0.3, 0.4) is 0 Å². The third-order valence-corrected chi connectivity index (χ3v) is 11.2. The van der Waals surface area contributed by atoms with Gasteiger partial charge in [0.1, 0.15) is 16.1 Å². The van der Waals surface area contributed by atoms with Crippen molar-refractivity contribution in [3.8, 4) is 5.75 Å². The van der Waals surface area contributed by atoms with Crippen molar-refractivity contribution in [3.05, 3.63) is 53.8 Å². The van der Waals surface area contributed by atoms with Gasteiger partial charge in [-0.2, -0.15) is 4.31 Å². The third-order valence-electron chi connectivity index (χ3n) is 6.72. The number of thiophene rings is 1. The van der Waals surface area contributed by atoms with Crippen LogP contribution in [0.25, 0.3) is 0 Å². The monoisotopic (exact) mass is 611 g/mol. The molecule has 218 valence electrons. The molecule has 12 nitrogen and oxygen atoms in total. The van der Waals surface area contributed by atoms with E-state index in [-0.39, 0.29) is 52.9 Å². The van der Waals surface area contributed by atoms with Gasteiger partial charge in [0.15, 0.2) is 5.03 Å². The molecule has 1 aromatic carbocycles. The van der Waals surface area contributed by atoms with Gasteiger partial charge >= 0.3 is 0 Å². The summed E-state index contributed by atoms with van der Waals surface area (Å²) in [6.07, 6.45) is 2.03. The standard InChI is InChI=1S/C25H33N5O7S3/c1-17-12-30(18(2)15-31)24(32)11-19-10-20(27-39(33,34)25-6-5-9-38-25)7-8-21(19)37-22(17)13-29(4)40(35,36)23-14-28(3)16-26-23/h5-10,14,16-18,22,27,31H,11-13,15H2,1-4H3/t17-,18-,22+/m1/s1. The minimum Gasteiger partial charge on any atom is -0.488 e. The van der Waals surface area contributed by atoms with Crippen LogP contribution >= 0.6 is 11.3 Å². The van der Waals surface area contributed by atoms with Crippen molar-refractivity contribution in [2.75, 3.05) is 31.5 Å². The van der Waals surface area contributed by atoms with Gasteiger partial charge in [-0.15, -0.1) is 11.3 Å². The Labute approximate surface area is 238 Å². The minimum absolute atomic E-state index is 0.0399. The Morgan fingerprint density at radius 3 is 2.65 bits per heavy atom. The van der Waals surface area contributed by atoms with E-state index >= 15 is 0 Å². The molecule has 4 rings (SSSR count). The number of amides is 1. The van der Waals surface area contributed by atoms with Crippen molar-refractivity contribution in [2.24, 2.45) is 13.0 Å². The Hall–Kier alpha value is -2.98. The normalized spacial score (nSPS) is 19.4. The average molecular weight is 612 g/mol. The Balaban J connectivity index is 1.68. The van der Waals surface area contributed by atoms with E-state index in [1.54, 1.807) is 47.0 Å². The second kappa shape index (κ2) is 11.9. The van der Waals surface area contributed by atoms with Crippen LogP contribution < -0.4 is 9.46 Å². The van der Waals surface area contributed by atoms with Crippen LogP contribution in [-0.4, -0.2) is 85.5 Å². The van der Waals surface area contributed by atoms with Gasteiger partial charge in [0.05, 0.1) is 31.9 Å². The predicted molar refractivity (Wildman–Crippen MR) is 150 cm³/mol. The molecule has 0 bridgehead atoms. The molecule has 0 radical (unpaired) electrons. The van der Waals surface area contributed by atoms with Crippen molar-refractivity contribution in [1.82, 2.24) is 18.8 Å². The summed E-state index contributed by atoms with van der Waals surface area (Å²) in [6, 6.07) is 7.30. The summed E-state index contributed by atoms with van der Waals surface area (Å²) in [7, 11) is -4.62. The second-order valence-corrected chi connectivity index (χ2v) is 14.8. The minimum atomic E-state index is -3.92.